The number of nitrogens with two attached hydrogens (primary N) is 2. The van der Waals surface area contributed by atoms with Crippen LogP contribution in [0.5, 0.6) is 11.5 Å². The molecule has 0 amide bonds. The van der Waals surface area contributed by atoms with Crippen LogP contribution in [0.15, 0.2) is 97.1 Å². The van der Waals surface area contributed by atoms with Gasteiger partial charge in [0.15, 0.2) is 0 Å². The van der Waals surface area contributed by atoms with Crippen molar-refractivity contribution in [2.45, 2.75) is 163 Å². The highest BCUT2D eigenvalue weighted by Crippen LogP contribution is 2.49. The number of hydrogen-bond donors (Lipinski definition) is 6. The van der Waals surface area contributed by atoms with Crippen LogP contribution in [0.2, 0.25) is 10.0 Å². The average Bonchev–Trinajstić information content (AvgIpc) is 1.47. The predicted molar refractivity (Wildman–Crippen MR) is 361 cm³/mol. The molecule has 0 unspecified atom stereocenters. The van der Waals surface area contributed by atoms with Crippen molar-refractivity contribution in [1.82, 2.24) is 0 Å². The molecule has 2 saturated carbocycles. The number of aromatic carboxylic acids is 2. The Morgan fingerprint density at radius 3 is 1.35 bits per heavy atom. The first-order valence-corrected chi connectivity index (χ1v) is 36.5. The van der Waals surface area contributed by atoms with Gasteiger partial charge in [0.05, 0.1) is 70.6 Å². The lowest BCUT2D eigenvalue weighted by Gasteiger charge is -2.45. The predicted octanol–water partition coefficient (Wildman–Crippen LogP) is 11.1. The lowest BCUT2D eigenvalue weighted by Crippen LogP contribution is -2.49. The maximum absolute atomic E-state index is 12.3. The summed E-state index contributed by atoms with van der Waals surface area (Å²) in [7, 11) is -4.42. The van der Waals surface area contributed by atoms with Crippen LogP contribution in [0.3, 0.4) is 0 Å². The molecule has 2 fully saturated rings. The number of ether oxygens (including phenoxy) is 4. The summed E-state index contributed by atoms with van der Waals surface area (Å²) >= 11 is 12.8. The fraction of sp³-hybridized carbons (Fsp3) is 0.571. The average molecular weight is 1350 g/mol. The van der Waals surface area contributed by atoms with Gasteiger partial charge in [-0.25, -0.2) is 36.7 Å². The Morgan fingerprint density at radius 2 is 1.01 bits per heavy atom. The van der Waals surface area contributed by atoms with E-state index < -0.39 is 54.7 Å². The molecule has 18 nitrogen and oxygen atoms in total. The number of carboxylic acid groups (broad SMARTS) is 2. The number of anilines is 2. The molecule has 504 valence electrons. The van der Waals surface area contributed by atoms with E-state index >= 15 is 0 Å². The van der Waals surface area contributed by atoms with E-state index in [0.29, 0.717) is 76.6 Å². The first kappa shape index (κ1) is 71.0. The zero-order valence-corrected chi connectivity index (χ0v) is 56.9. The van der Waals surface area contributed by atoms with Gasteiger partial charge >= 0.3 is 11.9 Å². The Kier molecular flexibility index (Phi) is 23.3. The minimum Gasteiger partial charge on any atom is -0.490 e. The maximum Gasteiger partial charge on any atom is 0.335 e. The number of sulfonamides is 2. The van der Waals surface area contributed by atoms with Crippen LogP contribution >= 0.6 is 23.2 Å². The van der Waals surface area contributed by atoms with Gasteiger partial charge in [-0.05, 0) is 222 Å². The van der Waals surface area contributed by atoms with Gasteiger partial charge in [0.25, 0.3) is 0 Å². The van der Waals surface area contributed by atoms with Crippen molar-refractivity contribution in [3.8, 4) is 11.5 Å². The van der Waals surface area contributed by atoms with Gasteiger partial charge < -0.3 is 49.2 Å². The topological polar surface area (TPSA) is 279 Å². The molecule has 2 aliphatic heterocycles. The maximum atomic E-state index is 12.3. The number of carbonyl (C=O) groups is 2. The molecule has 0 saturated heterocycles. The van der Waals surface area contributed by atoms with Crippen LogP contribution in [0, 0.1) is 35.5 Å². The molecule has 14 atom stereocenters. The number of nitrogens with zero attached hydrogens (tertiary/aromatic N) is 2. The van der Waals surface area contributed by atoms with Crippen LogP contribution in [0.1, 0.15) is 148 Å². The molecule has 4 aromatic carbocycles. The summed E-state index contributed by atoms with van der Waals surface area (Å²) in [5, 5.41) is 53.1. The highest BCUT2D eigenvalue weighted by Gasteiger charge is 2.47. The minimum absolute atomic E-state index is 0.0257. The zero-order valence-electron chi connectivity index (χ0n) is 53.8. The SMILES string of the molecule is CO[C@H](C)C[C@@H]([C@@H](C)C/C=C/[C@H](O)[C@@H]1CC[C@H]1CN1C[C@@]2(CCCc3cc(Cl)ccc32)COc2ccc(C(=O)O)cc21)S(N)(=O)=O.CO[C@H](C)C[C@H]([C@@H](C)C/C=C/[C@H](O)[C@@H]1CC[C@H]1CN1C[C@@]2(CCCc3cc(Cl)ccc32)COc2ccc(C(=O)O)cc21)S(N)(=O)=O. The molecule has 0 bridgehead atoms. The lowest BCUT2D eigenvalue weighted by molar-refractivity contribution is 0.0454. The summed E-state index contributed by atoms with van der Waals surface area (Å²) in [5.74, 6) is -0.710. The molecule has 92 heavy (non-hydrogen) atoms. The third-order valence-corrected chi connectivity index (χ3v) is 24.5. The molecule has 6 aliphatic rings. The number of carboxylic acids is 2. The summed E-state index contributed by atoms with van der Waals surface area (Å²) in [5.41, 5.74) is 6.32. The molecule has 8 N–H and O–H groups in total. The van der Waals surface area contributed by atoms with Crippen LogP contribution < -0.4 is 29.6 Å². The van der Waals surface area contributed by atoms with E-state index in [1.54, 1.807) is 62.8 Å². The minimum atomic E-state index is -3.76. The van der Waals surface area contributed by atoms with Crippen LogP contribution in [-0.4, -0.2) is 138 Å². The number of benzene rings is 4. The van der Waals surface area contributed by atoms with Crippen molar-refractivity contribution < 1.29 is 65.8 Å². The molecule has 0 radical (unpaired) electrons. The summed E-state index contributed by atoms with van der Waals surface area (Å²) in [4.78, 5) is 28.5. The van der Waals surface area contributed by atoms with Crippen molar-refractivity contribution in [3.05, 3.63) is 141 Å². The second-order valence-electron chi connectivity index (χ2n) is 27.3. The molecule has 22 heteroatoms. The number of hydrogen-bond acceptors (Lipinski definition) is 14. The number of primary sulfonamides is 2. The van der Waals surface area contributed by atoms with E-state index in [4.69, 9.17) is 52.4 Å². The van der Waals surface area contributed by atoms with Gasteiger partial charge in [-0.15, -0.1) is 0 Å². The van der Waals surface area contributed by atoms with E-state index in [-0.39, 0.29) is 69.7 Å². The first-order valence-electron chi connectivity index (χ1n) is 32.5. The van der Waals surface area contributed by atoms with Crippen LogP contribution in [0.4, 0.5) is 11.4 Å². The molecule has 4 aliphatic carbocycles. The summed E-state index contributed by atoms with van der Waals surface area (Å²) < 4.78 is 72.6. The number of aliphatic hydroxyl groups excluding tert-OH is 2. The van der Waals surface area contributed by atoms with E-state index in [1.807, 2.05) is 52.0 Å². The number of allylic oxidation sites excluding steroid dienone is 2. The van der Waals surface area contributed by atoms with Gasteiger partial charge in [-0.3, -0.25) is 0 Å². The number of aliphatic hydroxyl groups is 2. The van der Waals surface area contributed by atoms with E-state index in [2.05, 4.69) is 34.1 Å². The highest BCUT2D eigenvalue weighted by atomic mass is 35.5. The summed E-state index contributed by atoms with van der Waals surface area (Å²) in [6.45, 7) is 11.0. The third-order valence-electron chi connectivity index (χ3n) is 21.0. The Morgan fingerprint density at radius 1 is 0.620 bits per heavy atom. The van der Waals surface area contributed by atoms with E-state index in [1.165, 1.54) is 22.3 Å². The number of halogens is 2. The molecule has 0 aromatic heterocycles. The molecule has 4 aromatic rings. The standard InChI is InChI=1S/2C35H47ClN2O7S/c2*1-22(33(46(37,42)43)16-23(2)44-3)6-4-8-31(39)28-12-9-26(28)19-38-20-35(15-5-7-24-17-27(36)11-13-29(24)35)21-45-32-14-10-25(34(40)41)18-30(32)38/h2*4,8,10-11,13-14,17-18,22-23,26,28,31,33,39H,5-7,9,12,15-16,19-21H2,1-3H3,(H,40,41)(H2,37,42,43)/b2*8-4+/t22-,23+,26-,28+,31-,33+,35-;22-,23+,26-,28+,31-,33-,35-/m00/s1. The Hall–Kier alpha value is -5.26. The smallest absolute Gasteiger partial charge is 0.335 e. The molecule has 2 heterocycles. The summed E-state index contributed by atoms with van der Waals surface area (Å²) in [6, 6.07) is 22.3. The van der Waals surface area contributed by atoms with Gasteiger partial charge in [-0.1, -0.05) is 73.5 Å². The van der Waals surface area contributed by atoms with Gasteiger partial charge in [-0.2, -0.15) is 0 Å². The van der Waals surface area contributed by atoms with E-state index in [9.17, 15) is 46.9 Å². The number of rotatable bonds is 24. The van der Waals surface area contributed by atoms with Crippen molar-refractivity contribution in [3.63, 3.8) is 0 Å². The number of fused-ring (bicyclic) bond motifs is 6. The Balaban J connectivity index is 0.000000217. The molecule has 10 rings (SSSR count). The fourth-order valence-corrected chi connectivity index (χ4v) is 18.3. The Bertz CT molecular complexity index is 3330. The van der Waals surface area contributed by atoms with Gasteiger partial charge in [0.2, 0.25) is 20.0 Å². The quantitative estimate of drug-likeness (QED) is 0.0356. The second-order valence-corrected chi connectivity index (χ2v) is 31.7. The summed E-state index contributed by atoms with van der Waals surface area (Å²) in [6.07, 6.45) is 16.5. The van der Waals surface area contributed by atoms with Crippen molar-refractivity contribution >= 4 is 66.6 Å². The monoisotopic (exact) mass is 1350 g/mol. The van der Waals surface area contributed by atoms with Crippen LogP contribution in [-0.2, 0) is 53.2 Å². The fourth-order valence-electron chi connectivity index (χ4n) is 15.3. The van der Waals surface area contributed by atoms with Crippen molar-refractivity contribution in [2.24, 2.45) is 45.8 Å². The largest absolute Gasteiger partial charge is 0.490 e. The van der Waals surface area contributed by atoms with Crippen molar-refractivity contribution in [2.75, 3.05) is 63.4 Å². The zero-order chi connectivity index (χ0) is 66.5. The number of aryl methyl sites for hydroxylation is 2. The normalized spacial score (nSPS) is 25.5. The molecular formula is C70H94Cl2N4O14S2. The van der Waals surface area contributed by atoms with Gasteiger partial charge in [0.1, 0.15) is 11.5 Å². The molecular weight excluding hydrogens is 1260 g/mol. The lowest BCUT2D eigenvalue weighted by atomic mass is 9.68. The molecule has 2 spiro atoms. The second kappa shape index (κ2) is 30.2. The first-order chi connectivity index (χ1) is 43.6. The van der Waals surface area contributed by atoms with Crippen LogP contribution in [0.25, 0.3) is 0 Å². The van der Waals surface area contributed by atoms with Gasteiger partial charge in [0, 0.05) is 61.3 Å². The highest BCUT2D eigenvalue weighted by molar-refractivity contribution is 7.90. The van der Waals surface area contributed by atoms with Crippen molar-refractivity contribution in [1.29, 1.82) is 0 Å². The Labute approximate surface area is 553 Å². The van der Waals surface area contributed by atoms with E-state index in [0.717, 1.165) is 85.6 Å². The number of methoxy groups -OCH3 is 2. The third kappa shape index (κ3) is 16.7.